The van der Waals surface area contributed by atoms with Gasteiger partial charge in [0.15, 0.2) is 0 Å². The summed E-state index contributed by atoms with van der Waals surface area (Å²) in [5.41, 5.74) is 2.68. The van der Waals surface area contributed by atoms with Crippen molar-refractivity contribution in [3.63, 3.8) is 0 Å². The van der Waals surface area contributed by atoms with Crippen LogP contribution in [0, 0.1) is 6.92 Å². The van der Waals surface area contributed by atoms with Crippen LogP contribution in [0.5, 0.6) is 5.75 Å². The van der Waals surface area contributed by atoms with Gasteiger partial charge in [0, 0.05) is 5.54 Å². The summed E-state index contributed by atoms with van der Waals surface area (Å²) in [7, 11) is 3.72. The number of benzene rings is 1. The summed E-state index contributed by atoms with van der Waals surface area (Å²) in [6.45, 7) is 6.52. The highest BCUT2D eigenvalue weighted by atomic mass is 16.5. The van der Waals surface area contributed by atoms with Crippen LogP contribution in [0.15, 0.2) is 18.2 Å². The number of hydrogen-bond donors (Lipinski definition) is 1. The van der Waals surface area contributed by atoms with Crippen LogP contribution in [0.3, 0.4) is 0 Å². The molecule has 84 valence electrons. The molecule has 0 spiro atoms. The summed E-state index contributed by atoms with van der Waals surface area (Å²) in [5, 5.41) is 3.31. The minimum absolute atomic E-state index is 0.0966. The molecule has 1 aromatic rings. The van der Waals surface area contributed by atoms with E-state index < -0.39 is 0 Å². The molecular weight excluding hydrogens is 186 g/mol. The average Bonchev–Trinajstić information content (AvgIpc) is 2.21. The van der Waals surface area contributed by atoms with Crippen molar-refractivity contribution in [3.05, 3.63) is 29.3 Å². The first kappa shape index (κ1) is 12.1. The molecule has 0 atom stereocenters. The van der Waals surface area contributed by atoms with Gasteiger partial charge in [0.05, 0.1) is 7.11 Å². The number of methoxy groups -OCH3 is 1. The third-order valence-corrected chi connectivity index (χ3v) is 2.88. The SMILES string of the molecule is CNC(C)(C)Cc1c(C)cccc1OC. The minimum atomic E-state index is 0.0966. The van der Waals surface area contributed by atoms with Crippen LogP contribution in [-0.2, 0) is 6.42 Å². The molecule has 15 heavy (non-hydrogen) atoms. The van der Waals surface area contributed by atoms with Crippen molar-refractivity contribution in [3.8, 4) is 5.75 Å². The molecule has 1 N–H and O–H groups in total. The predicted octanol–water partition coefficient (Wildman–Crippen LogP) is 2.54. The average molecular weight is 207 g/mol. The van der Waals surface area contributed by atoms with Crippen LogP contribution in [0.4, 0.5) is 0 Å². The molecule has 0 bridgehead atoms. The van der Waals surface area contributed by atoms with Crippen molar-refractivity contribution in [2.75, 3.05) is 14.2 Å². The summed E-state index contributed by atoms with van der Waals surface area (Å²) in [6.07, 6.45) is 0.972. The quantitative estimate of drug-likeness (QED) is 0.819. The van der Waals surface area contributed by atoms with Crippen LogP contribution in [-0.4, -0.2) is 19.7 Å². The zero-order valence-corrected chi connectivity index (χ0v) is 10.3. The number of hydrogen-bond acceptors (Lipinski definition) is 2. The van der Waals surface area contributed by atoms with Gasteiger partial charge >= 0.3 is 0 Å². The molecular formula is C13H21NO. The van der Waals surface area contributed by atoms with Crippen molar-refractivity contribution in [2.24, 2.45) is 0 Å². The van der Waals surface area contributed by atoms with E-state index in [0.29, 0.717) is 0 Å². The maximum absolute atomic E-state index is 5.39. The van der Waals surface area contributed by atoms with Gasteiger partial charge in [-0.2, -0.15) is 0 Å². The molecule has 1 rings (SSSR count). The van der Waals surface area contributed by atoms with E-state index in [2.05, 4.69) is 32.2 Å². The van der Waals surface area contributed by atoms with E-state index >= 15 is 0 Å². The lowest BCUT2D eigenvalue weighted by molar-refractivity contribution is 0.385. The highest BCUT2D eigenvalue weighted by Gasteiger charge is 2.19. The van der Waals surface area contributed by atoms with Gasteiger partial charge in [0.2, 0.25) is 0 Å². The summed E-state index contributed by atoms with van der Waals surface area (Å²) in [4.78, 5) is 0. The first-order valence-corrected chi connectivity index (χ1v) is 5.31. The van der Waals surface area contributed by atoms with Gasteiger partial charge in [-0.3, -0.25) is 0 Å². The van der Waals surface area contributed by atoms with E-state index in [1.807, 2.05) is 19.2 Å². The molecule has 0 heterocycles. The number of ether oxygens (including phenoxy) is 1. The molecule has 0 aliphatic carbocycles. The maximum atomic E-state index is 5.39. The smallest absolute Gasteiger partial charge is 0.122 e. The standard InChI is InChI=1S/C13H21NO/c1-10-7-6-8-12(15-5)11(10)9-13(2,3)14-4/h6-8,14H,9H2,1-5H3. The molecule has 2 nitrogen and oxygen atoms in total. The summed E-state index contributed by atoms with van der Waals surface area (Å²) < 4.78 is 5.39. The Morgan fingerprint density at radius 2 is 2.00 bits per heavy atom. The summed E-state index contributed by atoms with van der Waals surface area (Å²) in [5.74, 6) is 0.985. The van der Waals surface area contributed by atoms with E-state index in [4.69, 9.17) is 4.74 Å². The summed E-state index contributed by atoms with van der Waals surface area (Å²) >= 11 is 0. The second-order valence-electron chi connectivity index (χ2n) is 4.57. The highest BCUT2D eigenvalue weighted by Crippen LogP contribution is 2.25. The van der Waals surface area contributed by atoms with Crippen LogP contribution in [0.2, 0.25) is 0 Å². The van der Waals surface area contributed by atoms with Crippen molar-refractivity contribution in [1.82, 2.24) is 5.32 Å². The first-order chi connectivity index (χ1) is 7.00. The van der Waals surface area contributed by atoms with Crippen LogP contribution >= 0.6 is 0 Å². The minimum Gasteiger partial charge on any atom is -0.496 e. The zero-order chi connectivity index (χ0) is 11.5. The largest absolute Gasteiger partial charge is 0.496 e. The van der Waals surface area contributed by atoms with Gasteiger partial charge in [-0.15, -0.1) is 0 Å². The Morgan fingerprint density at radius 1 is 1.33 bits per heavy atom. The van der Waals surface area contributed by atoms with E-state index in [1.54, 1.807) is 7.11 Å². The molecule has 1 aromatic carbocycles. The Bertz CT molecular complexity index is 331. The molecule has 0 aliphatic rings. The Labute approximate surface area is 92.6 Å². The Hall–Kier alpha value is -1.02. The van der Waals surface area contributed by atoms with Crippen LogP contribution < -0.4 is 10.1 Å². The van der Waals surface area contributed by atoms with Gasteiger partial charge in [-0.1, -0.05) is 12.1 Å². The third-order valence-electron chi connectivity index (χ3n) is 2.88. The molecule has 0 unspecified atom stereocenters. The topological polar surface area (TPSA) is 21.3 Å². The lowest BCUT2D eigenvalue weighted by atomic mass is 9.92. The third kappa shape index (κ3) is 2.96. The number of rotatable bonds is 4. The molecule has 0 fully saturated rings. The normalized spacial score (nSPS) is 11.5. The number of likely N-dealkylation sites (N-methyl/N-ethyl adjacent to an activating group) is 1. The fourth-order valence-electron chi connectivity index (χ4n) is 1.62. The number of aryl methyl sites for hydroxylation is 1. The van der Waals surface area contributed by atoms with Gasteiger partial charge in [-0.25, -0.2) is 0 Å². The van der Waals surface area contributed by atoms with Gasteiger partial charge in [0.1, 0.15) is 5.75 Å². The van der Waals surface area contributed by atoms with Crippen LogP contribution in [0.1, 0.15) is 25.0 Å². The fraction of sp³-hybridized carbons (Fsp3) is 0.538. The first-order valence-electron chi connectivity index (χ1n) is 5.31. The maximum Gasteiger partial charge on any atom is 0.122 e. The van der Waals surface area contributed by atoms with Crippen molar-refractivity contribution in [1.29, 1.82) is 0 Å². The molecule has 0 radical (unpaired) electrons. The van der Waals surface area contributed by atoms with E-state index in [0.717, 1.165) is 12.2 Å². The Balaban J connectivity index is 3.02. The van der Waals surface area contributed by atoms with Gasteiger partial charge < -0.3 is 10.1 Å². The molecule has 2 heteroatoms. The monoisotopic (exact) mass is 207 g/mol. The Morgan fingerprint density at radius 3 is 2.53 bits per heavy atom. The lowest BCUT2D eigenvalue weighted by Crippen LogP contribution is -2.38. The van der Waals surface area contributed by atoms with Gasteiger partial charge in [0.25, 0.3) is 0 Å². The highest BCUT2D eigenvalue weighted by molar-refractivity contribution is 5.40. The van der Waals surface area contributed by atoms with Crippen molar-refractivity contribution >= 4 is 0 Å². The number of nitrogens with one attached hydrogen (secondary N) is 1. The van der Waals surface area contributed by atoms with Crippen molar-refractivity contribution < 1.29 is 4.74 Å². The predicted molar refractivity (Wildman–Crippen MR) is 64.6 cm³/mol. The van der Waals surface area contributed by atoms with E-state index in [-0.39, 0.29) is 5.54 Å². The van der Waals surface area contributed by atoms with Crippen LogP contribution in [0.25, 0.3) is 0 Å². The molecule has 0 saturated heterocycles. The van der Waals surface area contributed by atoms with Gasteiger partial charge in [-0.05, 0) is 51.4 Å². The second-order valence-corrected chi connectivity index (χ2v) is 4.57. The second kappa shape index (κ2) is 4.67. The fourth-order valence-corrected chi connectivity index (χ4v) is 1.62. The molecule has 0 saturated carbocycles. The lowest BCUT2D eigenvalue weighted by Gasteiger charge is -2.26. The Kier molecular flexibility index (Phi) is 3.75. The molecule has 0 aromatic heterocycles. The zero-order valence-electron chi connectivity index (χ0n) is 10.3. The summed E-state index contributed by atoms with van der Waals surface area (Å²) in [6, 6.07) is 6.18. The van der Waals surface area contributed by atoms with E-state index in [1.165, 1.54) is 11.1 Å². The molecule has 0 aliphatic heterocycles. The van der Waals surface area contributed by atoms with Crippen molar-refractivity contribution in [2.45, 2.75) is 32.7 Å². The van der Waals surface area contributed by atoms with E-state index in [9.17, 15) is 0 Å². The molecule has 0 amide bonds.